The number of hydrogen-bond acceptors (Lipinski definition) is 4. The van der Waals surface area contributed by atoms with Gasteiger partial charge in [-0.2, -0.15) is 0 Å². The Morgan fingerprint density at radius 3 is 2.38 bits per heavy atom. The number of piperidine rings is 1. The van der Waals surface area contributed by atoms with Crippen LogP contribution in [0.3, 0.4) is 0 Å². The highest BCUT2D eigenvalue weighted by molar-refractivity contribution is 5.83. The maximum atomic E-state index is 12.8. The van der Waals surface area contributed by atoms with Gasteiger partial charge in [0.05, 0.1) is 17.3 Å². The Morgan fingerprint density at radius 2 is 1.65 bits per heavy atom. The van der Waals surface area contributed by atoms with Gasteiger partial charge in [-0.15, -0.1) is 0 Å². The zero-order valence-corrected chi connectivity index (χ0v) is 21.4. The second-order valence-electron chi connectivity index (χ2n) is 9.79. The molecule has 1 saturated heterocycles. The monoisotopic (exact) mass is 493 g/mol. The number of benzene rings is 2. The number of anilines is 3. The van der Waals surface area contributed by atoms with E-state index in [4.69, 9.17) is 0 Å². The number of rotatable bonds is 9. The first-order valence-corrected chi connectivity index (χ1v) is 13.2. The number of amides is 1. The Labute approximate surface area is 219 Å². The lowest BCUT2D eigenvalue weighted by Crippen LogP contribution is -2.35. The summed E-state index contributed by atoms with van der Waals surface area (Å²) in [6.45, 7) is 4.84. The van der Waals surface area contributed by atoms with Crippen LogP contribution in [0.1, 0.15) is 37.7 Å². The van der Waals surface area contributed by atoms with E-state index < -0.39 is 0 Å². The molecular weight excluding hydrogens is 458 g/mol. The predicted octanol–water partition coefficient (Wildman–Crippen LogP) is 6.14. The number of nitrogens with one attached hydrogen (secondary N) is 2. The molecule has 1 unspecified atom stereocenters. The molecule has 2 aromatic heterocycles. The summed E-state index contributed by atoms with van der Waals surface area (Å²) in [5.74, 6) is 0.566. The average molecular weight is 494 g/mol. The van der Waals surface area contributed by atoms with Gasteiger partial charge in [-0.3, -0.25) is 9.78 Å². The van der Waals surface area contributed by atoms with E-state index in [0.29, 0.717) is 5.92 Å². The highest BCUT2D eigenvalue weighted by atomic mass is 16.1. The van der Waals surface area contributed by atoms with Gasteiger partial charge in [0, 0.05) is 55.8 Å². The largest absolute Gasteiger partial charge is 0.371 e. The van der Waals surface area contributed by atoms with Crippen molar-refractivity contribution in [3.8, 4) is 5.69 Å². The van der Waals surface area contributed by atoms with Crippen LogP contribution in [0.4, 0.5) is 17.1 Å². The molecule has 37 heavy (non-hydrogen) atoms. The number of pyridine rings is 1. The van der Waals surface area contributed by atoms with E-state index in [1.54, 1.807) is 0 Å². The Hall–Kier alpha value is -4.06. The topological polar surface area (TPSA) is 62.2 Å². The fraction of sp³-hybridized carbons (Fsp3) is 0.290. The van der Waals surface area contributed by atoms with Gasteiger partial charge in [0.2, 0.25) is 5.91 Å². The molecule has 6 nitrogen and oxygen atoms in total. The minimum absolute atomic E-state index is 0.0906. The van der Waals surface area contributed by atoms with Crippen molar-refractivity contribution in [1.82, 2.24) is 14.9 Å². The summed E-state index contributed by atoms with van der Waals surface area (Å²) in [7, 11) is 0. The number of hydrogen-bond donors (Lipinski definition) is 2. The smallest absolute Gasteiger partial charge is 0.227 e. The molecular formula is C31H35N5O. The van der Waals surface area contributed by atoms with Crippen LogP contribution in [0.15, 0.2) is 97.6 Å². The molecule has 0 saturated carbocycles. The van der Waals surface area contributed by atoms with E-state index in [2.05, 4.69) is 49.4 Å². The Bertz CT molecular complexity index is 1260. The van der Waals surface area contributed by atoms with Crippen LogP contribution in [0.2, 0.25) is 0 Å². The molecule has 0 radical (unpaired) electrons. The van der Waals surface area contributed by atoms with E-state index >= 15 is 0 Å². The van der Waals surface area contributed by atoms with Crippen molar-refractivity contribution < 1.29 is 4.79 Å². The molecule has 1 aliphatic heterocycles. The third-order valence-corrected chi connectivity index (χ3v) is 7.36. The molecule has 2 N–H and O–H groups in total. The fourth-order valence-electron chi connectivity index (χ4n) is 5.05. The average Bonchev–Trinajstić information content (AvgIpc) is 3.49. The number of carbonyl (C=O) groups is 1. The lowest BCUT2D eigenvalue weighted by molar-refractivity contribution is -0.122. The van der Waals surface area contributed by atoms with Gasteiger partial charge < -0.3 is 20.1 Å². The Kier molecular flexibility index (Phi) is 7.84. The van der Waals surface area contributed by atoms with E-state index in [-0.39, 0.29) is 11.8 Å². The van der Waals surface area contributed by atoms with Crippen molar-refractivity contribution in [2.45, 2.75) is 32.1 Å². The molecule has 5 rings (SSSR count). The lowest BCUT2D eigenvalue weighted by Gasteiger charge is -2.33. The van der Waals surface area contributed by atoms with Crippen LogP contribution in [-0.2, 0) is 4.79 Å². The van der Waals surface area contributed by atoms with Crippen LogP contribution in [0.5, 0.6) is 0 Å². The van der Waals surface area contributed by atoms with Crippen LogP contribution >= 0.6 is 0 Å². The molecule has 1 fully saturated rings. The summed E-state index contributed by atoms with van der Waals surface area (Å²) in [5.41, 5.74) is 5.39. The Balaban J connectivity index is 1.09. The van der Waals surface area contributed by atoms with Crippen molar-refractivity contribution in [2.75, 3.05) is 29.9 Å². The van der Waals surface area contributed by atoms with Crippen molar-refractivity contribution in [3.63, 3.8) is 0 Å². The minimum Gasteiger partial charge on any atom is -0.371 e. The summed E-state index contributed by atoms with van der Waals surface area (Å²) >= 11 is 0. The second kappa shape index (κ2) is 11.8. The number of aromatic nitrogens is 2. The number of carbonyl (C=O) groups excluding carboxylic acids is 1. The summed E-state index contributed by atoms with van der Waals surface area (Å²) in [6.07, 6.45) is 11.1. The lowest BCUT2D eigenvalue weighted by atomic mass is 9.93. The highest BCUT2D eigenvalue weighted by Gasteiger charge is 2.20. The molecule has 190 valence electrons. The first kappa shape index (κ1) is 24.6. The molecule has 4 aromatic rings. The zero-order valence-electron chi connectivity index (χ0n) is 21.4. The second-order valence-corrected chi connectivity index (χ2v) is 9.79. The fourth-order valence-corrected chi connectivity index (χ4v) is 5.05. The highest BCUT2D eigenvalue weighted by Crippen LogP contribution is 2.27. The van der Waals surface area contributed by atoms with E-state index in [1.807, 2.05) is 80.2 Å². The predicted molar refractivity (Wildman–Crippen MR) is 151 cm³/mol. The molecule has 0 spiro atoms. The van der Waals surface area contributed by atoms with Gasteiger partial charge in [0.25, 0.3) is 0 Å². The summed E-state index contributed by atoms with van der Waals surface area (Å²) in [4.78, 5) is 19.4. The van der Waals surface area contributed by atoms with E-state index in [9.17, 15) is 4.79 Å². The molecule has 6 heteroatoms. The van der Waals surface area contributed by atoms with Crippen molar-refractivity contribution in [3.05, 3.63) is 103 Å². The third-order valence-electron chi connectivity index (χ3n) is 7.36. The SMILES string of the molecule is CC(C(=O)NCCC1CCN(c2ccncc2)CC1)c1ccc(Nc2ccccc2-n2cccc2)cc1. The standard InChI is InChI=1S/C31H35N5O/c1-24(31(37)33-19-12-25-15-22-35(23-16-25)28-13-17-32-18-14-28)26-8-10-27(11-9-26)34-29-6-2-3-7-30(29)36-20-4-5-21-36/h2-11,13-14,17-18,20-21,24-25,34H,12,15-16,19,22-23H2,1H3,(H,33,37). The third kappa shape index (κ3) is 6.20. The molecule has 3 heterocycles. The molecule has 2 aromatic carbocycles. The van der Waals surface area contributed by atoms with Crippen LogP contribution < -0.4 is 15.5 Å². The van der Waals surface area contributed by atoms with Gasteiger partial charge in [0.1, 0.15) is 0 Å². The van der Waals surface area contributed by atoms with Crippen LogP contribution in [0, 0.1) is 5.92 Å². The molecule has 1 atom stereocenters. The normalized spacial score (nSPS) is 14.8. The molecule has 0 bridgehead atoms. The van der Waals surface area contributed by atoms with Crippen molar-refractivity contribution in [1.29, 1.82) is 0 Å². The van der Waals surface area contributed by atoms with Crippen molar-refractivity contribution >= 4 is 23.0 Å². The Morgan fingerprint density at radius 1 is 0.946 bits per heavy atom. The zero-order chi connectivity index (χ0) is 25.5. The summed E-state index contributed by atoms with van der Waals surface area (Å²) in [6, 6.07) is 24.6. The molecule has 0 aliphatic carbocycles. The van der Waals surface area contributed by atoms with E-state index in [1.165, 1.54) is 5.69 Å². The minimum atomic E-state index is -0.185. The van der Waals surface area contributed by atoms with Gasteiger partial charge in [0.15, 0.2) is 0 Å². The first-order valence-electron chi connectivity index (χ1n) is 13.2. The van der Waals surface area contributed by atoms with Gasteiger partial charge in [-0.05, 0) is 86.2 Å². The molecule has 1 amide bonds. The molecule has 1 aliphatic rings. The maximum absolute atomic E-state index is 12.8. The van der Waals surface area contributed by atoms with Gasteiger partial charge in [-0.1, -0.05) is 24.3 Å². The maximum Gasteiger partial charge on any atom is 0.227 e. The number of para-hydroxylation sites is 2. The van der Waals surface area contributed by atoms with Crippen LogP contribution in [-0.4, -0.2) is 35.1 Å². The first-order chi connectivity index (χ1) is 18.2. The summed E-state index contributed by atoms with van der Waals surface area (Å²) < 4.78 is 2.09. The quantitative estimate of drug-likeness (QED) is 0.294. The van der Waals surface area contributed by atoms with Gasteiger partial charge >= 0.3 is 0 Å². The van der Waals surface area contributed by atoms with Crippen molar-refractivity contribution in [2.24, 2.45) is 5.92 Å². The van der Waals surface area contributed by atoms with Gasteiger partial charge in [-0.25, -0.2) is 0 Å². The van der Waals surface area contributed by atoms with E-state index in [0.717, 1.165) is 61.5 Å². The summed E-state index contributed by atoms with van der Waals surface area (Å²) in [5, 5.41) is 6.68. The number of nitrogens with zero attached hydrogens (tertiary/aromatic N) is 3. The van der Waals surface area contributed by atoms with Crippen LogP contribution in [0.25, 0.3) is 5.69 Å².